The van der Waals surface area contributed by atoms with Crippen LogP contribution in [-0.4, -0.2) is 42.0 Å². The van der Waals surface area contributed by atoms with Crippen LogP contribution in [0.2, 0.25) is 0 Å². The fraction of sp³-hybridized carbons (Fsp3) is 0.538. The molecule has 2 rings (SSSR count). The molecule has 92 valence electrons. The number of likely N-dealkylation sites (N-methyl/N-ethyl adjacent to an activating group) is 1. The van der Waals surface area contributed by atoms with Crippen LogP contribution in [0.5, 0.6) is 0 Å². The molecule has 1 aromatic heterocycles. The van der Waals surface area contributed by atoms with E-state index < -0.39 is 0 Å². The molecule has 0 bridgehead atoms. The molecule has 1 aliphatic rings. The Kier molecular flexibility index (Phi) is 3.61. The van der Waals surface area contributed by atoms with Crippen molar-refractivity contribution in [1.82, 2.24) is 9.88 Å². The summed E-state index contributed by atoms with van der Waals surface area (Å²) in [6.45, 7) is 3.53. The first-order chi connectivity index (χ1) is 8.18. The average molecular weight is 233 g/mol. The van der Waals surface area contributed by atoms with Gasteiger partial charge in [-0.2, -0.15) is 0 Å². The van der Waals surface area contributed by atoms with Crippen LogP contribution in [0.3, 0.4) is 0 Å². The Bertz CT molecular complexity index is 380. The van der Waals surface area contributed by atoms with Crippen LogP contribution in [0.25, 0.3) is 0 Å². The van der Waals surface area contributed by atoms with E-state index >= 15 is 0 Å². The fourth-order valence-electron chi connectivity index (χ4n) is 2.28. The van der Waals surface area contributed by atoms with E-state index in [1.54, 1.807) is 6.92 Å². The normalized spacial score (nSPS) is 20.1. The van der Waals surface area contributed by atoms with Gasteiger partial charge in [0.15, 0.2) is 0 Å². The first-order valence-electron chi connectivity index (χ1n) is 6.08. The summed E-state index contributed by atoms with van der Waals surface area (Å²) in [5, 5.41) is 0. The number of piperidine rings is 1. The number of carbonyl (C=O) groups is 1. The molecule has 2 heterocycles. The predicted octanol–water partition coefficient (Wildman–Crippen LogP) is 1.53. The molecule has 4 heteroatoms. The van der Waals surface area contributed by atoms with E-state index in [0.29, 0.717) is 6.04 Å². The SMILES string of the molecule is CC(=O)N(C)[C@@H]1CCCN(c2ccccn2)C1. The van der Waals surface area contributed by atoms with Crippen molar-refractivity contribution in [1.29, 1.82) is 0 Å². The second kappa shape index (κ2) is 5.17. The van der Waals surface area contributed by atoms with Gasteiger partial charge in [-0.15, -0.1) is 0 Å². The lowest BCUT2D eigenvalue weighted by atomic mass is 10.0. The summed E-state index contributed by atoms with van der Waals surface area (Å²) in [5.41, 5.74) is 0. The van der Waals surface area contributed by atoms with Gasteiger partial charge in [0.1, 0.15) is 5.82 Å². The number of anilines is 1. The van der Waals surface area contributed by atoms with Crippen molar-refractivity contribution in [2.45, 2.75) is 25.8 Å². The van der Waals surface area contributed by atoms with Crippen LogP contribution in [0, 0.1) is 0 Å². The van der Waals surface area contributed by atoms with Crippen LogP contribution >= 0.6 is 0 Å². The fourth-order valence-corrected chi connectivity index (χ4v) is 2.28. The first-order valence-corrected chi connectivity index (χ1v) is 6.08. The smallest absolute Gasteiger partial charge is 0.219 e. The highest BCUT2D eigenvalue weighted by Crippen LogP contribution is 2.19. The van der Waals surface area contributed by atoms with Crippen LogP contribution in [-0.2, 0) is 4.79 Å². The van der Waals surface area contributed by atoms with Crippen molar-refractivity contribution >= 4 is 11.7 Å². The lowest BCUT2D eigenvalue weighted by molar-refractivity contribution is -0.129. The maximum Gasteiger partial charge on any atom is 0.219 e. The highest BCUT2D eigenvalue weighted by Gasteiger charge is 2.24. The summed E-state index contributed by atoms with van der Waals surface area (Å²) in [5.74, 6) is 1.15. The van der Waals surface area contributed by atoms with E-state index in [1.807, 2.05) is 36.3 Å². The topological polar surface area (TPSA) is 36.4 Å². The van der Waals surface area contributed by atoms with Crippen molar-refractivity contribution in [3.63, 3.8) is 0 Å². The average Bonchev–Trinajstić information content (AvgIpc) is 2.39. The van der Waals surface area contributed by atoms with E-state index in [-0.39, 0.29) is 5.91 Å². The monoisotopic (exact) mass is 233 g/mol. The largest absolute Gasteiger partial charge is 0.355 e. The lowest BCUT2D eigenvalue weighted by Gasteiger charge is -2.37. The van der Waals surface area contributed by atoms with Gasteiger partial charge in [-0.1, -0.05) is 6.07 Å². The minimum Gasteiger partial charge on any atom is -0.355 e. The molecule has 1 fully saturated rings. The van der Waals surface area contributed by atoms with Crippen molar-refractivity contribution in [2.75, 3.05) is 25.0 Å². The van der Waals surface area contributed by atoms with Gasteiger partial charge >= 0.3 is 0 Å². The summed E-state index contributed by atoms with van der Waals surface area (Å²) in [4.78, 5) is 19.8. The molecule has 0 unspecified atom stereocenters. The quantitative estimate of drug-likeness (QED) is 0.777. The zero-order chi connectivity index (χ0) is 12.3. The lowest BCUT2D eigenvalue weighted by Crippen LogP contribution is -2.48. The number of hydrogen-bond donors (Lipinski definition) is 0. The molecule has 1 saturated heterocycles. The van der Waals surface area contributed by atoms with E-state index in [4.69, 9.17) is 0 Å². The third-order valence-electron chi connectivity index (χ3n) is 3.41. The summed E-state index contributed by atoms with van der Waals surface area (Å²) in [6.07, 6.45) is 4.01. The second-order valence-corrected chi connectivity index (χ2v) is 4.56. The Labute approximate surface area is 102 Å². The van der Waals surface area contributed by atoms with Gasteiger partial charge in [-0.05, 0) is 25.0 Å². The van der Waals surface area contributed by atoms with Crippen molar-refractivity contribution in [2.24, 2.45) is 0 Å². The minimum absolute atomic E-state index is 0.137. The van der Waals surface area contributed by atoms with Crippen molar-refractivity contribution in [3.8, 4) is 0 Å². The molecule has 4 nitrogen and oxygen atoms in total. The molecule has 1 atom stereocenters. The van der Waals surface area contributed by atoms with E-state index in [2.05, 4.69) is 9.88 Å². The molecular weight excluding hydrogens is 214 g/mol. The molecule has 1 amide bonds. The maximum absolute atomic E-state index is 11.4. The Morgan fingerprint density at radius 1 is 1.53 bits per heavy atom. The number of amides is 1. The zero-order valence-electron chi connectivity index (χ0n) is 10.5. The number of rotatable bonds is 2. The molecule has 1 aromatic rings. The molecule has 0 aromatic carbocycles. The standard InChI is InChI=1S/C13H19N3O/c1-11(17)15(2)12-6-5-9-16(10-12)13-7-3-4-8-14-13/h3-4,7-8,12H,5-6,9-10H2,1-2H3/t12-/m1/s1. The minimum atomic E-state index is 0.137. The molecule has 0 N–H and O–H groups in total. The highest BCUT2D eigenvalue weighted by atomic mass is 16.2. The van der Waals surface area contributed by atoms with Crippen molar-refractivity contribution in [3.05, 3.63) is 24.4 Å². The second-order valence-electron chi connectivity index (χ2n) is 4.56. The van der Waals surface area contributed by atoms with Crippen molar-refractivity contribution < 1.29 is 4.79 Å². The summed E-state index contributed by atoms with van der Waals surface area (Å²) in [6, 6.07) is 6.26. The Morgan fingerprint density at radius 2 is 2.35 bits per heavy atom. The van der Waals surface area contributed by atoms with Gasteiger partial charge in [0.2, 0.25) is 5.91 Å². The number of hydrogen-bond acceptors (Lipinski definition) is 3. The number of nitrogens with zero attached hydrogens (tertiary/aromatic N) is 3. The molecule has 17 heavy (non-hydrogen) atoms. The number of carbonyl (C=O) groups excluding carboxylic acids is 1. The predicted molar refractivity (Wildman–Crippen MR) is 67.9 cm³/mol. The summed E-state index contributed by atoms with van der Waals surface area (Å²) < 4.78 is 0. The Morgan fingerprint density at radius 3 is 3.00 bits per heavy atom. The van der Waals surface area contributed by atoms with Gasteiger partial charge in [-0.3, -0.25) is 4.79 Å². The third kappa shape index (κ3) is 2.75. The van der Waals surface area contributed by atoms with Crippen LogP contribution < -0.4 is 4.90 Å². The molecular formula is C13H19N3O. The molecule has 1 aliphatic heterocycles. The van der Waals surface area contributed by atoms with Crippen LogP contribution in [0.1, 0.15) is 19.8 Å². The third-order valence-corrected chi connectivity index (χ3v) is 3.41. The molecule has 0 spiro atoms. The van der Waals surface area contributed by atoms with Crippen LogP contribution in [0.4, 0.5) is 5.82 Å². The van der Waals surface area contributed by atoms with E-state index in [1.165, 1.54) is 0 Å². The van der Waals surface area contributed by atoms with E-state index in [0.717, 1.165) is 31.7 Å². The van der Waals surface area contributed by atoms with E-state index in [9.17, 15) is 4.79 Å². The van der Waals surface area contributed by atoms with Gasteiger partial charge in [0, 0.05) is 39.3 Å². The number of aromatic nitrogens is 1. The van der Waals surface area contributed by atoms with Gasteiger partial charge < -0.3 is 9.80 Å². The van der Waals surface area contributed by atoms with Gasteiger partial charge in [0.25, 0.3) is 0 Å². The highest BCUT2D eigenvalue weighted by molar-refractivity contribution is 5.73. The van der Waals surface area contributed by atoms with Gasteiger partial charge in [-0.25, -0.2) is 4.98 Å². The summed E-state index contributed by atoms with van der Waals surface area (Å²) >= 11 is 0. The van der Waals surface area contributed by atoms with Gasteiger partial charge in [0.05, 0.1) is 0 Å². The Balaban J connectivity index is 2.05. The first kappa shape index (κ1) is 11.9. The summed E-state index contributed by atoms with van der Waals surface area (Å²) in [7, 11) is 1.88. The molecule has 0 radical (unpaired) electrons. The maximum atomic E-state index is 11.4. The van der Waals surface area contributed by atoms with Crippen LogP contribution in [0.15, 0.2) is 24.4 Å². The Hall–Kier alpha value is -1.58. The molecule has 0 aliphatic carbocycles. The number of pyridine rings is 1. The zero-order valence-corrected chi connectivity index (χ0v) is 10.5. The molecule has 0 saturated carbocycles.